The van der Waals surface area contributed by atoms with E-state index in [0.717, 1.165) is 12.8 Å². The summed E-state index contributed by atoms with van der Waals surface area (Å²) in [4.78, 5) is 23.8. The van der Waals surface area contributed by atoms with Gasteiger partial charge in [-0.25, -0.2) is 0 Å². The van der Waals surface area contributed by atoms with Crippen LogP contribution in [0.4, 0.5) is 0 Å². The second-order valence-corrected chi connectivity index (χ2v) is 6.86. The Bertz CT molecular complexity index is 329. The van der Waals surface area contributed by atoms with E-state index < -0.39 is 12.1 Å². The third-order valence-corrected chi connectivity index (χ3v) is 3.43. The Morgan fingerprint density at radius 1 is 0.952 bits per heavy atom. The molecule has 1 amide bonds. The summed E-state index contributed by atoms with van der Waals surface area (Å²) in [6.07, 6.45) is 2.78. The van der Waals surface area contributed by atoms with Gasteiger partial charge in [-0.1, -0.05) is 27.7 Å². The molecule has 0 saturated carbocycles. The Labute approximate surface area is 129 Å². The monoisotopic (exact) mass is 299 g/mol. The van der Waals surface area contributed by atoms with Crippen LogP contribution in [0.2, 0.25) is 0 Å². The van der Waals surface area contributed by atoms with E-state index in [1.807, 2.05) is 13.8 Å². The van der Waals surface area contributed by atoms with Crippen molar-refractivity contribution in [1.29, 1.82) is 0 Å². The average molecular weight is 299 g/mol. The third kappa shape index (κ3) is 9.58. The Balaban J connectivity index is 4.20. The topological polar surface area (TPSA) is 98.2 Å². The predicted octanol–water partition coefficient (Wildman–Crippen LogP) is 1.59. The van der Waals surface area contributed by atoms with Gasteiger partial charge in [0.15, 0.2) is 5.78 Å². The van der Waals surface area contributed by atoms with Crippen molar-refractivity contribution in [1.82, 2.24) is 5.32 Å². The molecular weight excluding hydrogens is 266 g/mol. The molecule has 5 N–H and O–H groups in total. The second-order valence-electron chi connectivity index (χ2n) is 6.86. The highest BCUT2D eigenvalue weighted by Gasteiger charge is 2.23. The molecule has 124 valence electrons. The van der Waals surface area contributed by atoms with Gasteiger partial charge in [0.05, 0.1) is 12.1 Å². The van der Waals surface area contributed by atoms with Gasteiger partial charge in [0.1, 0.15) is 0 Å². The number of carbonyl (C=O) groups excluding carboxylic acids is 2. The molecule has 0 spiro atoms. The molecule has 5 nitrogen and oxygen atoms in total. The van der Waals surface area contributed by atoms with Gasteiger partial charge >= 0.3 is 0 Å². The van der Waals surface area contributed by atoms with Crippen LogP contribution in [0.15, 0.2) is 0 Å². The van der Waals surface area contributed by atoms with Crippen LogP contribution >= 0.6 is 0 Å². The van der Waals surface area contributed by atoms with Gasteiger partial charge in [-0.3, -0.25) is 9.59 Å². The number of Topliss-reactive ketones (excluding diaryl/α,β-unsaturated/α-hetero) is 1. The van der Waals surface area contributed by atoms with Crippen LogP contribution in [0.5, 0.6) is 0 Å². The highest BCUT2D eigenvalue weighted by Crippen LogP contribution is 2.10. The zero-order valence-electron chi connectivity index (χ0n) is 14.2. The summed E-state index contributed by atoms with van der Waals surface area (Å²) < 4.78 is 0. The van der Waals surface area contributed by atoms with E-state index in [4.69, 9.17) is 11.5 Å². The van der Waals surface area contributed by atoms with E-state index in [1.165, 1.54) is 0 Å². The fourth-order valence-electron chi connectivity index (χ4n) is 2.17. The maximum atomic E-state index is 12.1. The standard InChI is InChI=1S/C16H33N3O2/c1-10(2)6-7-13(17)9-14(18)16(21)12(5)19-15(20)8-11(3)4/h10-14H,6-9,17-18H2,1-5H3,(H,19,20). The normalized spacial score (nSPS) is 15.9. The van der Waals surface area contributed by atoms with Crippen molar-refractivity contribution in [3.05, 3.63) is 0 Å². The number of carbonyl (C=O) groups is 2. The highest BCUT2D eigenvalue weighted by atomic mass is 16.2. The summed E-state index contributed by atoms with van der Waals surface area (Å²) in [7, 11) is 0. The predicted molar refractivity (Wildman–Crippen MR) is 86.7 cm³/mol. The van der Waals surface area contributed by atoms with Gasteiger partial charge in [-0.15, -0.1) is 0 Å². The summed E-state index contributed by atoms with van der Waals surface area (Å²) in [6.45, 7) is 9.89. The maximum absolute atomic E-state index is 12.1. The van der Waals surface area contributed by atoms with E-state index in [0.29, 0.717) is 18.8 Å². The van der Waals surface area contributed by atoms with Crippen molar-refractivity contribution in [2.45, 2.75) is 78.4 Å². The zero-order chi connectivity index (χ0) is 16.6. The maximum Gasteiger partial charge on any atom is 0.220 e. The number of hydrogen-bond donors (Lipinski definition) is 3. The largest absolute Gasteiger partial charge is 0.347 e. The lowest BCUT2D eigenvalue weighted by molar-refractivity contribution is -0.128. The number of nitrogens with two attached hydrogens (primary N) is 2. The van der Waals surface area contributed by atoms with Crippen LogP contribution in [-0.4, -0.2) is 29.8 Å². The van der Waals surface area contributed by atoms with Gasteiger partial charge in [-0.2, -0.15) is 0 Å². The first-order valence-electron chi connectivity index (χ1n) is 7.97. The lowest BCUT2D eigenvalue weighted by atomic mass is 9.95. The molecule has 0 rings (SSSR count). The van der Waals surface area contributed by atoms with E-state index >= 15 is 0 Å². The average Bonchev–Trinajstić information content (AvgIpc) is 2.33. The molecule has 0 radical (unpaired) electrons. The Morgan fingerprint density at radius 2 is 1.52 bits per heavy atom. The molecule has 0 saturated heterocycles. The minimum atomic E-state index is -0.610. The van der Waals surface area contributed by atoms with E-state index in [2.05, 4.69) is 19.2 Å². The summed E-state index contributed by atoms with van der Waals surface area (Å²) in [5.41, 5.74) is 11.9. The Morgan fingerprint density at radius 3 is 2.00 bits per heavy atom. The lowest BCUT2D eigenvalue weighted by Crippen LogP contribution is -2.48. The number of amides is 1. The summed E-state index contributed by atoms with van der Waals surface area (Å²) >= 11 is 0. The molecular formula is C16H33N3O2. The van der Waals surface area contributed by atoms with Crippen LogP contribution in [0.1, 0.15) is 60.3 Å². The first kappa shape index (κ1) is 20.1. The van der Waals surface area contributed by atoms with E-state index in [-0.39, 0.29) is 23.7 Å². The molecule has 3 unspecified atom stereocenters. The Hall–Kier alpha value is -0.940. The molecule has 0 aromatic heterocycles. The van der Waals surface area contributed by atoms with Gasteiger partial charge in [0, 0.05) is 12.5 Å². The molecule has 3 atom stereocenters. The molecule has 0 aromatic rings. The van der Waals surface area contributed by atoms with Crippen molar-refractivity contribution < 1.29 is 9.59 Å². The molecule has 21 heavy (non-hydrogen) atoms. The second kappa shape index (κ2) is 9.90. The molecule has 0 aromatic carbocycles. The lowest BCUT2D eigenvalue weighted by Gasteiger charge is -2.21. The number of nitrogens with one attached hydrogen (secondary N) is 1. The molecule has 0 bridgehead atoms. The van der Waals surface area contributed by atoms with Gasteiger partial charge in [-0.05, 0) is 38.0 Å². The number of rotatable bonds is 10. The number of ketones is 1. The molecule has 0 aliphatic rings. The van der Waals surface area contributed by atoms with E-state index in [9.17, 15) is 9.59 Å². The van der Waals surface area contributed by atoms with Crippen LogP contribution in [-0.2, 0) is 9.59 Å². The molecule has 0 fully saturated rings. The Kier molecular flexibility index (Phi) is 9.46. The van der Waals surface area contributed by atoms with Gasteiger partial charge in [0.25, 0.3) is 0 Å². The van der Waals surface area contributed by atoms with Crippen molar-refractivity contribution >= 4 is 11.7 Å². The van der Waals surface area contributed by atoms with Crippen molar-refractivity contribution in [3.63, 3.8) is 0 Å². The van der Waals surface area contributed by atoms with Crippen molar-refractivity contribution in [3.8, 4) is 0 Å². The van der Waals surface area contributed by atoms with Crippen LogP contribution in [0.3, 0.4) is 0 Å². The molecule has 0 aliphatic heterocycles. The molecule has 5 heteroatoms. The van der Waals surface area contributed by atoms with Crippen LogP contribution in [0, 0.1) is 11.8 Å². The minimum absolute atomic E-state index is 0.0649. The summed E-state index contributed by atoms with van der Waals surface area (Å²) in [6, 6.07) is -1.23. The first-order chi connectivity index (χ1) is 9.63. The quantitative estimate of drug-likeness (QED) is 0.570. The van der Waals surface area contributed by atoms with Gasteiger partial charge in [0.2, 0.25) is 5.91 Å². The first-order valence-corrected chi connectivity index (χ1v) is 7.97. The van der Waals surface area contributed by atoms with Crippen LogP contribution < -0.4 is 16.8 Å². The highest BCUT2D eigenvalue weighted by molar-refractivity contribution is 5.92. The minimum Gasteiger partial charge on any atom is -0.347 e. The third-order valence-electron chi connectivity index (χ3n) is 3.43. The molecule has 0 heterocycles. The van der Waals surface area contributed by atoms with Crippen molar-refractivity contribution in [2.24, 2.45) is 23.3 Å². The molecule has 0 aliphatic carbocycles. The smallest absolute Gasteiger partial charge is 0.220 e. The van der Waals surface area contributed by atoms with Crippen LogP contribution in [0.25, 0.3) is 0 Å². The number of hydrogen-bond acceptors (Lipinski definition) is 4. The van der Waals surface area contributed by atoms with E-state index in [1.54, 1.807) is 6.92 Å². The summed E-state index contributed by atoms with van der Waals surface area (Å²) in [5, 5.41) is 2.71. The summed E-state index contributed by atoms with van der Waals surface area (Å²) in [5.74, 6) is 0.608. The zero-order valence-corrected chi connectivity index (χ0v) is 14.2. The fourth-order valence-corrected chi connectivity index (χ4v) is 2.17. The SMILES string of the molecule is CC(C)CCC(N)CC(N)C(=O)C(C)NC(=O)CC(C)C. The van der Waals surface area contributed by atoms with Crippen molar-refractivity contribution in [2.75, 3.05) is 0 Å². The fraction of sp³-hybridized carbons (Fsp3) is 0.875. The van der Waals surface area contributed by atoms with Gasteiger partial charge < -0.3 is 16.8 Å².